The number of rotatable bonds is 5. The standard InChI is InChI=1S/C14H20N2O4/c1-9-7-16(8-12(9)14(18)19)10(2)13(17)15-6-11-4-3-5-20-11/h3-5,9-10,12H,6-8H2,1-2H3,(H,15,17)(H,18,19)/t9-,10?,12-/m1/s1. The van der Waals surface area contributed by atoms with E-state index in [0.717, 1.165) is 0 Å². The molecule has 0 spiro atoms. The van der Waals surface area contributed by atoms with E-state index in [1.807, 2.05) is 11.8 Å². The van der Waals surface area contributed by atoms with Crippen molar-refractivity contribution in [3.05, 3.63) is 24.2 Å². The number of carbonyl (C=O) groups is 2. The number of carboxylic acids is 1. The van der Waals surface area contributed by atoms with Crippen molar-refractivity contribution in [3.8, 4) is 0 Å². The monoisotopic (exact) mass is 280 g/mol. The number of nitrogens with zero attached hydrogens (tertiary/aromatic N) is 1. The lowest BCUT2D eigenvalue weighted by Gasteiger charge is -2.23. The van der Waals surface area contributed by atoms with Crippen LogP contribution in [0.2, 0.25) is 0 Å². The predicted octanol–water partition coefficient (Wildman–Crippen LogP) is 0.937. The Hall–Kier alpha value is -1.82. The molecule has 0 aromatic carbocycles. The first-order valence-corrected chi connectivity index (χ1v) is 6.76. The summed E-state index contributed by atoms with van der Waals surface area (Å²) in [5.41, 5.74) is 0. The average Bonchev–Trinajstić information content (AvgIpc) is 3.04. The van der Waals surface area contributed by atoms with Crippen LogP contribution in [0.3, 0.4) is 0 Å². The number of likely N-dealkylation sites (tertiary alicyclic amines) is 1. The molecule has 1 amide bonds. The first-order chi connectivity index (χ1) is 9.49. The van der Waals surface area contributed by atoms with Crippen molar-refractivity contribution in [3.63, 3.8) is 0 Å². The molecule has 20 heavy (non-hydrogen) atoms. The fraction of sp³-hybridized carbons (Fsp3) is 0.571. The number of amides is 1. The van der Waals surface area contributed by atoms with E-state index >= 15 is 0 Å². The lowest BCUT2D eigenvalue weighted by Crippen LogP contribution is -2.44. The molecule has 6 nitrogen and oxygen atoms in total. The van der Waals surface area contributed by atoms with Gasteiger partial charge in [0.05, 0.1) is 24.8 Å². The molecule has 6 heteroatoms. The maximum atomic E-state index is 12.1. The van der Waals surface area contributed by atoms with Gasteiger partial charge in [-0.25, -0.2) is 0 Å². The van der Waals surface area contributed by atoms with Crippen LogP contribution in [-0.4, -0.2) is 41.0 Å². The van der Waals surface area contributed by atoms with Crippen molar-refractivity contribution in [2.24, 2.45) is 11.8 Å². The summed E-state index contributed by atoms with van der Waals surface area (Å²) in [6.45, 7) is 5.11. The topological polar surface area (TPSA) is 82.8 Å². The van der Waals surface area contributed by atoms with E-state index in [9.17, 15) is 9.59 Å². The molecular formula is C14H20N2O4. The van der Waals surface area contributed by atoms with Crippen LogP contribution in [0.25, 0.3) is 0 Å². The molecule has 1 aromatic rings. The number of aliphatic carboxylic acids is 1. The number of carbonyl (C=O) groups excluding carboxylic acids is 1. The van der Waals surface area contributed by atoms with Crippen LogP contribution in [0.4, 0.5) is 0 Å². The summed E-state index contributed by atoms with van der Waals surface area (Å²) in [4.78, 5) is 25.1. The van der Waals surface area contributed by atoms with Crippen molar-refractivity contribution in [1.82, 2.24) is 10.2 Å². The summed E-state index contributed by atoms with van der Waals surface area (Å²) < 4.78 is 5.15. The Morgan fingerprint density at radius 1 is 1.55 bits per heavy atom. The predicted molar refractivity (Wildman–Crippen MR) is 71.9 cm³/mol. The zero-order chi connectivity index (χ0) is 14.7. The van der Waals surface area contributed by atoms with Gasteiger partial charge in [-0.2, -0.15) is 0 Å². The molecule has 1 aliphatic rings. The zero-order valence-electron chi connectivity index (χ0n) is 11.7. The van der Waals surface area contributed by atoms with Gasteiger partial charge in [-0.05, 0) is 25.0 Å². The van der Waals surface area contributed by atoms with Crippen LogP contribution < -0.4 is 5.32 Å². The quantitative estimate of drug-likeness (QED) is 0.838. The second-order valence-electron chi connectivity index (χ2n) is 5.35. The van der Waals surface area contributed by atoms with E-state index in [2.05, 4.69) is 5.32 Å². The molecule has 2 N–H and O–H groups in total. The van der Waals surface area contributed by atoms with E-state index in [1.165, 1.54) is 0 Å². The highest BCUT2D eigenvalue weighted by Gasteiger charge is 2.38. The van der Waals surface area contributed by atoms with Gasteiger partial charge in [0, 0.05) is 13.1 Å². The van der Waals surface area contributed by atoms with E-state index in [0.29, 0.717) is 25.4 Å². The van der Waals surface area contributed by atoms with Crippen LogP contribution in [0.1, 0.15) is 19.6 Å². The lowest BCUT2D eigenvalue weighted by atomic mass is 9.99. The largest absolute Gasteiger partial charge is 0.481 e. The number of carboxylic acid groups (broad SMARTS) is 1. The molecule has 2 rings (SSSR count). The molecule has 0 bridgehead atoms. The minimum Gasteiger partial charge on any atom is -0.481 e. The maximum Gasteiger partial charge on any atom is 0.308 e. The highest BCUT2D eigenvalue weighted by atomic mass is 16.4. The smallest absolute Gasteiger partial charge is 0.308 e. The van der Waals surface area contributed by atoms with Crippen molar-refractivity contribution in [2.75, 3.05) is 13.1 Å². The molecule has 110 valence electrons. The van der Waals surface area contributed by atoms with Crippen LogP contribution in [-0.2, 0) is 16.1 Å². The highest BCUT2D eigenvalue weighted by molar-refractivity contribution is 5.81. The van der Waals surface area contributed by atoms with Gasteiger partial charge in [-0.15, -0.1) is 0 Å². The van der Waals surface area contributed by atoms with Crippen LogP contribution >= 0.6 is 0 Å². The molecule has 0 radical (unpaired) electrons. The van der Waals surface area contributed by atoms with Crippen LogP contribution in [0.5, 0.6) is 0 Å². The summed E-state index contributed by atoms with van der Waals surface area (Å²) >= 11 is 0. The summed E-state index contributed by atoms with van der Waals surface area (Å²) in [6, 6.07) is 3.23. The highest BCUT2D eigenvalue weighted by Crippen LogP contribution is 2.24. The summed E-state index contributed by atoms with van der Waals surface area (Å²) in [7, 11) is 0. The normalized spacial score (nSPS) is 24.5. The summed E-state index contributed by atoms with van der Waals surface area (Å²) in [6.07, 6.45) is 1.56. The van der Waals surface area contributed by atoms with Gasteiger partial charge in [-0.3, -0.25) is 14.5 Å². The Morgan fingerprint density at radius 2 is 2.30 bits per heavy atom. The first kappa shape index (κ1) is 14.6. The lowest BCUT2D eigenvalue weighted by molar-refractivity contribution is -0.142. The summed E-state index contributed by atoms with van der Waals surface area (Å²) in [5, 5.41) is 11.9. The first-order valence-electron chi connectivity index (χ1n) is 6.76. The maximum absolute atomic E-state index is 12.1. The van der Waals surface area contributed by atoms with Gasteiger partial charge in [0.1, 0.15) is 5.76 Å². The Labute approximate surface area is 117 Å². The van der Waals surface area contributed by atoms with Gasteiger partial charge < -0.3 is 14.8 Å². The van der Waals surface area contributed by atoms with Gasteiger partial charge in [-0.1, -0.05) is 6.92 Å². The fourth-order valence-corrected chi connectivity index (χ4v) is 2.54. The van der Waals surface area contributed by atoms with Crippen LogP contribution in [0.15, 0.2) is 22.8 Å². The average molecular weight is 280 g/mol. The summed E-state index contributed by atoms with van der Waals surface area (Å²) in [5.74, 6) is -0.533. The van der Waals surface area contributed by atoms with Gasteiger partial charge >= 0.3 is 5.97 Å². The van der Waals surface area contributed by atoms with Crippen molar-refractivity contribution in [1.29, 1.82) is 0 Å². The van der Waals surface area contributed by atoms with E-state index in [4.69, 9.17) is 9.52 Å². The third-order valence-electron chi connectivity index (χ3n) is 3.90. The van der Waals surface area contributed by atoms with E-state index < -0.39 is 11.9 Å². The molecular weight excluding hydrogens is 260 g/mol. The SMILES string of the molecule is CC(C(=O)NCc1ccco1)N1C[C@@H](C)[C@H](C(=O)O)C1. The van der Waals surface area contributed by atoms with E-state index in [1.54, 1.807) is 25.3 Å². The van der Waals surface area contributed by atoms with Crippen molar-refractivity contribution < 1.29 is 19.1 Å². The molecule has 1 unspecified atom stereocenters. The van der Waals surface area contributed by atoms with Crippen LogP contribution in [0, 0.1) is 11.8 Å². The van der Waals surface area contributed by atoms with Gasteiger partial charge in [0.2, 0.25) is 5.91 Å². The molecule has 2 heterocycles. The number of hydrogen-bond donors (Lipinski definition) is 2. The number of furan rings is 1. The molecule has 0 saturated carbocycles. The minimum atomic E-state index is -0.789. The van der Waals surface area contributed by atoms with Gasteiger partial charge in [0.25, 0.3) is 0 Å². The molecule has 1 fully saturated rings. The number of nitrogens with one attached hydrogen (secondary N) is 1. The fourth-order valence-electron chi connectivity index (χ4n) is 2.54. The molecule has 1 aromatic heterocycles. The Kier molecular flexibility index (Phi) is 4.44. The van der Waals surface area contributed by atoms with E-state index in [-0.39, 0.29) is 17.9 Å². The second-order valence-corrected chi connectivity index (χ2v) is 5.35. The zero-order valence-corrected chi connectivity index (χ0v) is 11.7. The second kappa shape index (κ2) is 6.09. The Morgan fingerprint density at radius 3 is 2.85 bits per heavy atom. The Balaban J connectivity index is 1.86. The third kappa shape index (κ3) is 3.19. The minimum absolute atomic E-state index is 0.0628. The molecule has 3 atom stereocenters. The van der Waals surface area contributed by atoms with Crippen molar-refractivity contribution >= 4 is 11.9 Å². The Bertz CT molecular complexity index is 472. The number of hydrogen-bond acceptors (Lipinski definition) is 4. The molecule has 0 aliphatic carbocycles. The molecule has 1 aliphatic heterocycles. The van der Waals surface area contributed by atoms with Gasteiger partial charge in [0.15, 0.2) is 0 Å². The molecule has 1 saturated heterocycles. The van der Waals surface area contributed by atoms with Crippen molar-refractivity contribution in [2.45, 2.75) is 26.4 Å². The third-order valence-corrected chi connectivity index (χ3v) is 3.90.